The Morgan fingerprint density at radius 2 is 2.19 bits per heavy atom. The average molecular weight is 250 g/mol. The largest absolute Gasteiger partial charge is 0.389 e. The van der Waals surface area contributed by atoms with Crippen molar-refractivity contribution in [1.82, 2.24) is 0 Å². The highest BCUT2D eigenvalue weighted by molar-refractivity contribution is 7.98. The Balaban J connectivity index is 2.01. The molecule has 1 aromatic heterocycles. The fourth-order valence-corrected chi connectivity index (χ4v) is 3.15. The summed E-state index contributed by atoms with van der Waals surface area (Å²) in [5.41, 5.74) is 0.983. The summed E-state index contributed by atoms with van der Waals surface area (Å²) >= 11 is 3.59. The fourth-order valence-electron chi connectivity index (χ4n) is 1.41. The van der Waals surface area contributed by atoms with Gasteiger partial charge in [-0.3, -0.25) is 0 Å². The molecule has 0 fully saturated rings. The highest BCUT2D eigenvalue weighted by atomic mass is 32.2. The molecule has 0 radical (unpaired) electrons. The van der Waals surface area contributed by atoms with Crippen molar-refractivity contribution in [2.24, 2.45) is 0 Å². The SMILES string of the molecule is CC(O)c1cccc(SCc2cccs2)c1. The van der Waals surface area contributed by atoms with Gasteiger partial charge in [0.25, 0.3) is 0 Å². The molecule has 0 aliphatic rings. The Labute approximate surface area is 104 Å². The first-order valence-electron chi connectivity index (χ1n) is 5.19. The number of hydrogen-bond donors (Lipinski definition) is 1. The average Bonchev–Trinajstić information content (AvgIpc) is 2.79. The second kappa shape index (κ2) is 5.53. The zero-order chi connectivity index (χ0) is 11.4. The molecule has 0 saturated heterocycles. The van der Waals surface area contributed by atoms with Gasteiger partial charge in [-0.25, -0.2) is 0 Å². The molecular weight excluding hydrogens is 236 g/mol. The molecule has 0 aliphatic carbocycles. The van der Waals surface area contributed by atoms with E-state index in [9.17, 15) is 5.11 Å². The first kappa shape index (κ1) is 11.7. The molecule has 2 aromatic rings. The van der Waals surface area contributed by atoms with Crippen LogP contribution in [0.4, 0.5) is 0 Å². The molecule has 1 nitrogen and oxygen atoms in total. The van der Waals surface area contributed by atoms with Gasteiger partial charge in [-0.2, -0.15) is 0 Å². The van der Waals surface area contributed by atoms with Gasteiger partial charge in [-0.05, 0) is 36.1 Å². The molecular formula is C13H14OS2. The maximum atomic E-state index is 9.49. The van der Waals surface area contributed by atoms with E-state index < -0.39 is 0 Å². The van der Waals surface area contributed by atoms with Crippen molar-refractivity contribution in [3.05, 3.63) is 52.2 Å². The summed E-state index contributed by atoms with van der Waals surface area (Å²) in [6, 6.07) is 12.3. The number of aliphatic hydroxyl groups is 1. The minimum absolute atomic E-state index is 0.387. The minimum Gasteiger partial charge on any atom is -0.389 e. The van der Waals surface area contributed by atoms with E-state index in [4.69, 9.17) is 0 Å². The van der Waals surface area contributed by atoms with Crippen molar-refractivity contribution in [2.75, 3.05) is 0 Å². The standard InChI is InChI=1S/C13H14OS2/c1-10(14)11-4-2-5-12(8-11)16-9-13-6-3-7-15-13/h2-8,10,14H,9H2,1H3. The van der Waals surface area contributed by atoms with Gasteiger partial charge in [0.1, 0.15) is 0 Å². The molecule has 0 amide bonds. The third-order valence-corrected chi connectivity index (χ3v) is 4.40. The molecule has 2 rings (SSSR count). The number of thioether (sulfide) groups is 1. The lowest BCUT2D eigenvalue weighted by Gasteiger charge is -2.06. The molecule has 1 unspecified atom stereocenters. The van der Waals surface area contributed by atoms with E-state index in [1.807, 2.05) is 23.9 Å². The van der Waals surface area contributed by atoms with Gasteiger partial charge in [0, 0.05) is 15.5 Å². The molecule has 0 aliphatic heterocycles. The molecule has 16 heavy (non-hydrogen) atoms. The number of rotatable bonds is 4. The van der Waals surface area contributed by atoms with E-state index in [0.717, 1.165) is 11.3 Å². The topological polar surface area (TPSA) is 20.2 Å². The third-order valence-electron chi connectivity index (χ3n) is 2.30. The molecule has 1 atom stereocenters. The van der Waals surface area contributed by atoms with Crippen LogP contribution in [0.2, 0.25) is 0 Å². The van der Waals surface area contributed by atoms with E-state index in [-0.39, 0.29) is 6.10 Å². The van der Waals surface area contributed by atoms with Gasteiger partial charge in [0.15, 0.2) is 0 Å². The molecule has 0 saturated carbocycles. The predicted octanol–water partition coefficient (Wildman–Crippen LogP) is 4.09. The summed E-state index contributed by atoms with van der Waals surface area (Å²) in [5, 5.41) is 11.6. The van der Waals surface area contributed by atoms with Crippen molar-refractivity contribution in [3.8, 4) is 0 Å². The second-order valence-electron chi connectivity index (χ2n) is 3.62. The lowest BCUT2D eigenvalue weighted by atomic mass is 10.1. The van der Waals surface area contributed by atoms with Crippen LogP contribution in [0.25, 0.3) is 0 Å². The van der Waals surface area contributed by atoms with Gasteiger partial charge in [0.05, 0.1) is 6.10 Å². The van der Waals surface area contributed by atoms with Gasteiger partial charge < -0.3 is 5.11 Å². The maximum Gasteiger partial charge on any atom is 0.0762 e. The summed E-state index contributed by atoms with van der Waals surface area (Å²) in [7, 11) is 0. The van der Waals surface area contributed by atoms with Crippen LogP contribution in [0.5, 0.6) is 0 Å². The zero-order valence-electron chi connectivity index (χ0n) is 9.09. The Kier molecular flexibility index (Phi) is 4.04. The molecule has 3 heteroatoms. The summed E-state index contributed by atoms with van der Waals surface area (Å²) in [4.78, 5) is 2.60. The lowest BCUT2D eigenvalue weighted by molar-refractivity contribution is 0.199. The van der Waals surface area contributed by atoms with Gasteiger partial charge >= 0.3 is 0 Å². The summed E-state index contributed by atoms with van der Waals surface area (Å²) < 4.78 is 0. The highest BCUT2D eigenvalue weighted by Gasteiger charge is 2.02. The van der Waals surface area contributed by atoms with Crippen LogP contribution in [-0.4, -0.2) is 5.11 Å². The van der Waals surface area contributed by atoms with Gasteiger partial charge in [-0.15, -0.1) is 23.1 Å². The quantitative estimate of drug-likeness (QED) is 0.825. The van der Waals surface area contributed by atoms with Gasteiger partial charge in [0.2, 0.25) is 0 Å². The molecule has 1 aromatic carbocycles. The minimum atomic E-state index is -0.387. The Hall–Kier alpha value is -0.770. The normalized spacial score (nSPS) is 12.6. The van der Waals surface area contributed by atoms with E-state index in [1.165, 1.54) is 9.77 Å². The third kappa shape index (κ3) is 3.11. The molecule has 84 valence electrons. The van der Waals surface area contributed by atoms with Crippen LogP contribution in [0.15, 0.2) is 46.7 Å². The summed E-state index contributed by atoms with van der Waals surface area (Å²) in [6.07, 6.45) is -0.387. The lowest BCUT2D eigenvalue weighted by Crippen LogP contribution is -1.90. The highest BCUT2D eigenvalue weighted by Crippen LogP contribution is 2.26. The van der Waals surface area contributed by atoms with Crippen LogP contribution in [-0.2, 0) is 5.75 Å². The monoisotopic (exact) mass is 250 g/mol. The molecule has 0 bridgehead atoms. The zero-order valence-corrected chi connectivity index (χ0v) is 10.7. The van der Waals surface area contributed by atoms with Crippen LogP contribution in [0.3, 0.4) is 0 Å². The van der Waals surface area contributed by atoms with E-state index in [2.05, 4.69) is 29.6 Å². The van der Waals surface area contributed by atoms with Crippen LogP contribution < -0.4 is 0 Å². The van der Waals surface area contributed by atoms with E-state index >= 15 is 0 Å². The number of thiophene rings is 1. The van der Waals surface area contributed by atoms with Crippen molar-refractivity contribution in [2.45, 2.75) is 23.7 Å². The molecule has 1 N–H and O–H groups in total. The number of benzene rings is 1. The smallest absolute Gasteiger partial charge is 0.0762 e. The van der Waals surface area contributed by atoms with Crippen molar-refractivity contribution in [1.29, 1.82) is 0 Å². The van der Waals surface area contributed by atoms with Crippen LogP contribution >= 0.6 is 23.1 Å². The maximum absolute atomic E-state index is 9.49. The first-order valence-corrected chi connectivity index (χ1v) is 7.05. The van der Waals surface area contributed by atoms with Crippen molar-refractivity contribution >= 4 is 23.1 Å². The van der Waals surface area contributed by atoms with Gasteiger partial charge in [-0.1, -0.05) is 18.2 Å². The second-order valence-corrected chi connectivity index (χ2v) is 5.70. The first-order chi connectivity index (χ1) is 7.75. The Morgan fingerprint density at radius 3 is 2.88 bits per heavy atom. The summed E-state index contributed by atoms with van der Waals surface area (Å²) in [5.74, 6) is 1.00. The van der Waals surface area contributed by atoms with E-state index in [0.29, 0.717) is 0 Å². The number of hydrogen-bond acceptors (Lipinski definition) is 3. The Bertz CT molecular complexity index is 435. The van der Waals surface area contributed by atoms with Crippen LogP contribution in [0.1, 0.15) is 23.5 Å². The fraction of sp³-hybridized carbons (Fsp3) is 0.231. The van der Waals surface area contributed by atoms with Crippen LogP contribution in [0, 0.1) is 0 Å². The molecule has 0 spiro atoms. The summed E-state index contributed by atoms with van der Waals surface area (Å²) in [6.45, 7) is 1.79. The predicted molar refractivity (Wildman–Crippen MR) is 71.0 cm³/mol. The van der Waals surface area contributed by atoms with Crippen molar-refractivity contribution < 1.29 is 5.11 Å². The Morgan fingerprint density at radius 1 is 1.31 bits per heavy atom. The van der Waals surface area contributed by atoms with Crippen molar-refractivity contribution in [3.63, 3.8) is 0 Å². The van der Waals surface area contributed by atoms with E-state index in [1.54, 1.807) is 18.3 Å². The molecule has 1 heterocycles. The number of aliphatic hydroxyl groups excluding tert-OH is 1.